The molecule has 1 atom stereocenters. The number of aromatic amines is 1. The first-order valence-corrected chi connectivity index (χ1v) is 11.2. The number of halogens is 1. The fourth-order valence-corrected chi connectivity index (χ4v) is 4.51. The van der Waals surface area contributed by atoms with E-state index in [0.29, 0.717) is 17.3 Å². The first-order valence-electron chi connectivity index (χ1n) is 10.9. The Hall–Kier alpha value is -3.38. The number of carbonyl (C=O) groups is 1. The quantitative estimate of drug-likeness (QED) is 0.429. The van der Waals surface area contributed by atoms with E-state index < -0.39 is 0 Å². The third kappa shape index (κ3) is 3.71. The van der Waals surface area contributed by atoms with Gasteiger partial charge in [0.15, 0.2) is 0 Å². The second-order valence-electron chi connectivity index (χ2n) is 8.02. The number of aromatic nitrogens is 4. The van der Waals surface area contributed by atoms with Crippen molar-refractivity contribution >= 4 is 17.5 Å². The van der Waals surface area contributed by atoms with E-state index in [-0.39, 0.29) is 11.9 Å². The monoisotopic (exact) mass is 445 g/mol. The number of rotatable bonds is 7. The fraction of sp³-hybridized carbons (Fsp3) is 0.240. The molecule has 32 heavy (non-hydrogen) atoms. The lowest BCUT2D eigenvalue weighted by atomic mass is 9.95. The summed E-state index contributed by atoms with van der Waals surface area (Å²) in [6.07, 6.45) is 7.33. The summed E-state index contributed by atoms with van der Waals surface area (Å²) in [5.74, 6) is -0.0112. The number of hydrogen-bond acceptors (Lipinski definition) is 3. The van der Waals surface area contributed by atoms with Crippen LogP contribution in [0.2, 0.25) is 5.02 Å². The fourth-order valence-electron chi connectivity index (χ4n) is 4.38. The average Bonchev–Trinajstić information content (AvgIpc) is 3.54. The molecule has 0 spiro atoms. The number of aryl methyl sites for hydroxylation is 2. The average molecular weight is 446 g/mol. The molecule has 4 aromatic rings. The topological polar surface area (TPSA) is 66.8 Å². The molecule has 162 valence electrons. The van der Waals surface area contributed by atoms with Crippen LogP contribution in [0.1, 0.15) is 46.6 Å². The molecule has 5 rings (SSSR count). The molecule has 6 nitrogen and oxygen atoms in total. The summed E-state index contributed by atoms with van der Waals surface area (Å²) < 4.78 is 2.03. The van der Waals surface area contributed by atoms with E-state index in [1.807, 2.05) is 39.9 Å². The van der Waals surface area contributed by atoms with Crippen LogP contribution in [0.3, 0.4) is 0 Å². The minimum absolute atomic E-state index is 0.0112. The highest BCUT2D eigenvalue weighted by atomic mass is 35.5. The summed E-state index contributed by atoms with van der Waals surface area (Å²) in [5.41, 5.74) is 5.61. The molecule has 1 aliphatic rings. The van der Waals surface area contributed by atoms with Gasteiger partial charge in [0.25, 0.3) is 5.91 Å². The van der Waals surface area contributed by atoms with Crippen LogP contribution in [-0.2, 0) is 13.0 Å². The van der Waals surface area contributed by atoms with Gasteiger partial charge in [-0.3, -0.25) is 9.89 Å². The summed E-state index contributed by atoms with van der Waals surface area (Å²) in [4.78, 5) is 19.5. The molecule has 0 radical (unpaired) electrons. The van der Waals surface area contributed by atoms with E-state index in [4.69, 9.17) is 11.6 Å². The molecule has 0 saturated carbocycles. The summed E-state index contributed by atoms with van der Waals surface area (Å²) in [6.45, 7) is 3.59. The predicted octanol–water partition coefficient (Wildman–Crippen LogP) is 5.12. The Bertz CT molecular complexity index is 1210. The third-order valence-electron chi connectivity index (χ3n) is 6.06. The summed E-state index contributed by atoms with van der Waals surface area (Å²) in [6, 6.07) is 16.0. The predicted molar refractivity (Wildman–Crippen MR) is 125 cm³/mol. The number of benzene rings is 2. The van der Waals surface area contributed by atoms with E-state index >= 15 is 0 Å². The van der Waals surface area contributed by atoms with Crippen LogP contribution in [0.5, 0.6) is 0 Å². The molecular weight excluding hydrogens is 422 g/mol. The van der Waals surface area contributed by atoms with Gasteiger partial charge in [0, 0.05) is 41.6 Å². The van der Waals surface area contributed by atoms with E-state index in [1.54, 1.807) is 12.5 Å². The normalized spacial score (nSPS) is 15.4. The molecule has 3 heterocycles. The SMILES string of the molecule is CCc1ccc(C2c3c(-c4ccc(Cl)cc4)n[nH]c3C(=O)N2CCCn2ccnc2)cc1. The van der Waals surface area contributed by atoms with Crippen molar-refractivity contribution in [3.63, 3.8) is 0 Å². The van der Waals surface area contributed by atoms with Crippen LogP contribution in [0, 0.1) is 0 Å². The molecule has 2 aromatic carbocycles. The van der Waals surface area contributed by atoms with Gasteiger partial charge >= 0.3 is 0 Å². The van der Waals surface area contributed by atoms with Gasteiger partial charge < -0.3 is 9.47 Å². The number of imidazole rings is 1. The minimum Gasteiger partial charge on any atom is -0.337 e. The van der Waals surface area contributed by atoms with Gasteiger partial charge in [0.05, 0.1) is 18.1 Å². The van der Waals surface area contributed by atoms with E-state index in [2.05, 4.69) is 46.4 Å². The van der Waals surface area contributed by atoms with Gasteiger partial charge in [-0.2, -0.15) is 5.10 Å². The lowest BCUT2D eigenvalue weighted by Gasteiger charge is -2.26. The maximum Gasteiger partial charge on any atom is 0.273 e. The number of H-pyrrole nitrogens is 1. The standard InChI is InChI=1S/C25H24ClN5O/c1-2-17-4-6-19(7-5-17)24-21-22(18-8-10-20(26)11-9-18)28-29-23(21)25(32)31(24)14-3-13-30-15-12-27-16-30/h4-12,15-16,24H,2-3,13-14H2,1H3,(H,28,29). The number of carbonyl (C=O) groups excluding carboxylic acids is 1. The Balaban J connectivity index is 1.52. The molecular formula is C25H24ClN5O. The van der Waals surface area contributed by atoms with Crippen molar-refractivity contribution in [2.24, 2.45) is 0 Å². The van der Waals surface area contributed by atoms with Gasteiger partial charge in [-0.1, -0.05) is 54.9 Å². The Kier molecular flexibility index (Phi) is 5.53. The second-order valence-corrected chi connectivity index (χ2v) is 8.45. The Morgan fingerprint density at radius 3 is 2.53 bits per heavy atom. The van der Waals surface area contributed by atoms with Crippen molar-refractivity contribution < 1.29 is 4.79 Å². The number of amides is 1. The zero-order valence-corrected chi connectivity index (χ0v) is 18.6. The van der Waals surface area contributed by atoms with Crippen LogP contribution in [0.15, 0.2) is 67.3 Å². The number of nitrogens with one attached hydrogen (secondary N) is 1. The molecule has 0 aliphatic carbocycles. The van der Waals surface area contributed by atoms with Crippen molar-refractivity contribution in [2.75, 3.05) is 6.54 Å². The lowest BCUT2D eigenvalue weighted by Crippen LogP contribution is -2.31. The molecule has 2 aromatic heterocycles. The number of nitrogens with zero attached hydrogens (tertiary/aromatic N) is 4. The third-order valence-corrected chi connectivity index (χ3v) is 6.31. The Morgan fingerprint density at radius 2 is 1.84 bits per heavy atom. The molecule has 7 heteroatoms. The van der Waals surface area contributed by atoms with Crippen molar-refractivity contribution in [1.82, 2.24) is 24.6 Å². The van der Waals surface area contributed by atoms with Gasteiger partial charge in [0.2, 0.25) is 0 Å². The van der Waals surface area contributed by atoms with Crippen molar-refractivity contribution in [3.05, 3.63) is 94.7 Å². The molecule has 0 bridgehead atoms. The van der Waals surface area contributed by atoms with E-state index in [1.165, 1.54) is 5.56 Å². The smallest absolute Gasteiger partial charge is 0.273 e. The van der Waals surface area contributed by atoms with E-state index in [9.17, 15) is 4.79 Å². The summed E-state index contributed by atoms with van der Waals surface area (Å²) >= 11 is 6.09. The lowest BCUT2D eigenvalue weighted by molar-refractivity contribution is 0.0739. The molecule has 0 saturated heterocycles. The van der Waals surface area contributed by atoms with Crippen molar-refractivity contribution in [2.45, 2.75) is 32.4 Å². The van der Waals surface area contributed by atoms with Crippen molar-refractivity contribution in [1.29, 1.82) is 0 Å². The largest absolute Gasteiger partial charge is 0.337 e. The molecule has 1 amide bonds. The highest BCUT2D eigenvalue weighted by molar-refractivity contribution is 6.30. The summed E-state index contributed by atoms with van der Waals surface area (Å²) in [5, 5.41) is 8.21. The van der Waals surface area contributed by atoms with Crippen molar-refractivity contribution in [3.8, 4) is 11.3 Å². The molecule has 0 fully saturated rings. The van der Waals surface area contributed by atoms with Crippen LogP contribution in [-0.4, -0.2) is 37.1 Å². The van der Waals surface area contributed by atoms with Crippen LogP contribution >= 0.6 is 11.6 Å². The van der Waals surface area contributed by atoms with Crippen LogP contribution in [0.25, 0.3) is 11.3 Å². The first-order chi connectivity index (χ1) is 15.7. The van der Waals surface area contributed by atoms with Gasteiger partial charge in [-0.15, -0.1) is 0 Å². The zero-order valence-electron chi connectivity index (χ0n) is 17.8. The molecule has 1 N–H and O–H groups in total. The van der Waals surface area contributed by atoms with Crippen LogP contribution < -0.4 is 0 Å². The number of fused-ring (bicyclic) bond motifs is 1. The molecule has 1 aliphatic heterocycles. The van der Waals surface area contributed by atoms with E-state index in [0.717, 1.165) is 41.8 Å². The first kappa shape index (κ1) is 20.5. The maximum absolute atomic E-state index is 13.4. The Morgan fingerprint density at radius 1 is 1.06 bits per heavy atom. The van der Waals surface area contributed by atoms with Gasteiger partial charge in [-0.05, 0) is 36.1 Å². The summed E-state index contributed by atoms with van der Waals surface area (Å²) in [7, 11) is 0. The zero-order chi connectivity index (χ0) is 22.1. The van der Waals surface area contributed by atoms with Crippen LogP contribution in [0.4, 0.5) is 0 Å². The molecule has 1 unspecified atom stereocenters. The minimum atomic E-state index is -0.185. The van der Waals surface area contributed by atoms with Gasteiger partial charge in [0.1, 0.15) is 5.69 Å². The highest BCUT2D eigenvalue weighted by Crippen LogP contribution is 2.43. The highest BCUT2D eigenvalue weighted by Gasteiger charge is 2.41. The maximum atomic E-state index is 13.4. The Labute approximate surface area is 191 Å². The van der Waals surface area contributed by atoms with Gasteiger partial charge in [-0.25, -0.2) is 4.98 Å². The second kappa shape index (κ2) is 8.63. The number of hydrogen-bond donors (Lipinski definition) is 1.